The van der Waals surface area contributed by atoms with Gasteiger partial charge < -0.3 is 9.84 Å². The lowest BCUT2D eigenvalue weighted by atomic mass is 10.1. The van der Waals surface area contributed by atoms with Crippen LogP contribution < -0.4 is 4.74 Å². The summed E-state index contributed by atoms with van der Waals surface area (Å²) in [7, 11) is 0. The molecule has 0 spiro atoms. The first-order chi connectivity index (χ1) is 9.69. The molecule has 0 aromatic heterocycles. The molecule has 2 nitrogen and oxygen atoms in total. The fourth-order valence-electron chi connectivity index (χ4n) is 1.70. The van der Waals surface area contributed by atoms with Crippen LogP contribution >= 0.6 is 0 Å². The van der Waals surface area contributed by atoms with E-state index in [-0.39, 0.29) is 12.4 Å². The second kappa shape index (κ2) is 6.74. The van der Waals surface area contributed by atoms with Gasteiger partial charge in [0.15, 0.2) is 0 Å². The highest BCUT2D eigenvalue weighted by Gasteiger charge is 2.00. The summed E-state index contributed by atoms with van der Waals surface area (Å²) in [6.07, 6.45) is 0. The molecule has 2 rings (SSSR count). The van der Waals surface area contributed by atoms with Gasteiger partial charge in [0.25, 0.3) is 0 Å². The highest BCUT2D eigenvalue weighted by molar-refractivity contribution is 5.36. The van der Waals surface area contributed by atoms with Crippen molar-refractivity contribution in [3.63, 3.8) is 0 Å². The lowest BCUT2D eigenvalue weighted by Crippen LogP contribution is -1.96. The topological polar surface area (TPSA) is 29.5 Å². The van der Waals surface area contributed by atoms with Crippen LogP contribution in [0.2, 0.25) is 0 Å². The maximum Gasteiger partial charge on any atom is 0.126 e. The lowest BCUT2D eigenvalue weighted by molar-refractivity contribution is 0.305. The molecule has 3 heteroatoms. The Labute approximate surface area is 117 Å². The Morgan fingerprint density at radius 2 is 1.90 bits per heavy atom. The predicted octanol–water partition coefficient (Wildman–Crippen LogP) is 3.06. The average Bonchev–Trinajstić information content (AvgIpc) is 2.47. The number of hydrogen-bond acceptors (Lipinski definition) is 2. The van der Waals surface area contributed by atoms with E-state index in [1.807, 2.05) is 24.3 Å². The van der Waals surface area contributed by atoms with Crippen LogP contribution in [0.25, 0.3) is 0 Å². The second-order valence-electron chi connectivity index (χ2n) is 4.36. The predicted molar refractivity (Wildman–Crippen MR) is 75.9 cm³/mol. The summed E-state index contributed by atoms with van der Waals surface area (Å²) in [6.45, 7) is 1.98. The van der Waals surface area contributed by atoms with Gasteiger partial charge in [-0.2, -0.15) is 0 Å². The molecule has 0 saturated carbocycles. The van der Waals surface area contributed by atoms with E-state index in [0.717, 1.165) is 11.1 Å². The lowest BCUT2D eigenvalue weighted by Gasteiger charge is -2.07. The van der Waals surface area contributed by atoms with Gasteiger partial charge in [-0.25, -0.2) is 4.39 Å². The first kappa shape index (κ1) is 14.1. The monoisotopic (exact) mass is 270 g/mol. The normalized spacial score (nSPS) is 9.75. The van der Waals surface area contributed by atoms with Crippen molar-refractivity contribution in [3.05, 3.63) is 65.0 Å². The molecule has 0 aliphatic rings. The molecule has 0 aliphatic heterocycles. The van der Waals surface area contributed by atoms with Crippen molar-refractivity contribution < 1.29 is 14.2 Å². The number of halogens is 1. The number of aliphatic hydroxyl groups is 1. The van der Waals surface area contributed by atoms with E-state index < -0.39 is 0 Å². The summed E-state index contributed by atoms with van der Waals surface area (Å²) >= 11 is 0. The van der Waals surface area contributed by atoms with Gasteiger partial charge in [0.2, 0.25) is 0 Å². The van der Waals surface area contributed by atoms with E-state index in [9.17, 15) is 4.39 Å². The van der Waals surface area contributed by atoms with Crippen LogP contribution in [0.1, 0.15) is 16.7 Å². The molecular weight excluding hydrogens is 255 g/mol. The van der Waals surface area contributed by atoms with E-state index in [4.69, 9.17) is 9.84 Å². The van der Waals surface area contributed by atoms with Crippen LogP contribution in [-0.4, -0.2) is 11.7 Å². The standard InChI is InChI=1S/C17H15FO2/c1-13-11-16(8-9-17(13)18)20-12-15-6-4-14(5-7-15)3-2-10-19/h4-9,11,19H,10,12H2,1H3. The van der Waals surface area contributed by atoms with Gasteiger partial charge in [-0.3, -0.25) is 0 Å². The van der Waals surface area contributed by atoms with Crippen molar-refractivity contribution >= 4 is 0 Å². The minimum Gasteiger partial charge on any atom is -0.489 e. The van der Waals surface area contributed by atoms with Crippen molar-refractivity contribution in [1.82, 2.24) is 0 Å². The van der Waals surface area contributed by atoms with Crippen molar-refractivity contribution in [2.45, 2.75) is 13.5 Å². The Hall–Kier alpha value is -2.31. The summed E-state index contributed by atoms with van der Waals surface area (Å²) in [5.41, 5.74) is 2.42. The van der Waals surface area contributed by atoms with Crippen LogP contribution in [0.15, 0.2) is 42.5 Å². The third-order valence-corrected chi connectivity index (χ3v) is 2.80. The fourth-order valence-corrected chi connectivity index (χ4v) is 1.70. The molecule has 0 amide bonds. The van der Waals surface area contributed by atoms with Crippen LogP contribution in [0.5, 0.6) is 5.75 Å². The van der Waals surface area contributed by atoms with Gasteiger partial charge in [0.1, 0.15) is 24.8 Å². The van der Waals surface area contributed by atoms with E-state index >= 15 is 0 Å². The minimum absolute atomic E-state index is 0.144. The maximum absolute atomic E-state index is 13.1. The molecule has 0 fully saturated rings. The van der Waals surface area contributed by atoms with Gasteiger partial charge in [0.05, 0.1) is 0 Å². The third kappa shape index (κ3) is 3.84. The van der Waals surface area contributed by atoms with E-state index in [0.29, 0.717) is 17.9 Å². The van der Waals surface area contributed by atoms with E-state index in [2.05, 4.69) is 11.8 Å². The van der Waals surface area contributed by atoms with Gasteiger partial charge in [-0.15, -0.1) is 0 Å². The smallest absolute Gasteiger partial charge is 0.126 e. The summed E-state index contributed by atoms with van der Waals surface area (Å²) in [5, 5.41) is 8.61. The molecule has 0 heterocycles. The molecule has 20 heavy (non-hydrogen) atoms. The number of aryl methyl sites for hydroxylation is 1. The molecule has 0 bridgehead atoms. The molecular formula is C17H15FO2. The number of aliphatic hydroxyl groups excluding tert-OH is 1. The Bertz CT molecular complexity index is 636. The van der Waals surface area contributed by atoms with Crippen molar-refractivity contribution in [2.24, 2.45) is 0 Å². The summed E-state index contributed by atoms with van der Waals surface area (Å²) in [4.78, 5) is 0. The zero-order valence-electron chi connectivity index (χ0n) is 11.2. The van der Waals surface area contributed by atoms with Crippen LogP contribution in [-0.2, 0) is 6.61 Å². The van der Waals surface area contributed by atoms with Crippen LogP contribution in [0, 0.1) is 24.6 Å². The van der Waals surface area contributed by atoms with Crippen LogP contribution in [0.4, 0.5) is 4.39 Å². The van der Waals surface area contributed by atoms with Crippen molar-refractivity contribution in [3.8, 4) is 17.6 Å². The SMILES string of the molecule is Cc1cc(OCc2ccc(C#CCO)cc2)ccc1F. The molecule has 0 radical (unpaired) electrons. The number of benzene rings is 2. The quantitative estimate of drug-likeness (QED) is 0.869. The van der Waals surface area contributed by atoms with Crippen molar-refractivity contribution in [2.75, 3.05) is 6.61 Å². The Kier molecular flexibility index (Phi) is 4.75. The second-order valence-corrected chi connectivity index (χ2v) is 4.36. The van der Waals surface area contributed by atoms with E-state index in [1.54, 1.807) is 19.1 Å². The Balaban J connectivity index is 1.98. The summed E-state index contributed by atoms with van der Waals surface area (Å²) in [6, 6.07) is 12.3. The van der Waals surface area contributed by atoms with Crippen LogP contribution in [0.3, 0.4) is 0 Å². The molecule has 102 valence electrons. The van der Waals surface area contributed by atoms with Gasteiger partial charge >= 0.3 is 0 Å². The summed E-state index contributed by atoms with van der Waals surface area (Å²) < 4.78 is 18.7. The summed E-state index contributed by atoms with van der Waals surface area (Å²) in [5.74, 6) is 5.83. The molecule has 0 aliphatic carbocycles. The highest BCUT2D eigenvalue weighted by atomic mass is 19.1. The Morgan fingerprint density at radius 3 is 2.55 bits per heavy atom. The first-order valence-corrected chi connectivity index (χ1v) is 6.26. The highest BCUT2D eigenvalue weighted by Crippen LogP contribution is 2.17. The Morgan fingerprint density at radius 1 is 1.15 bits per heavy atom. The first-order valence-electron chi connectivity index (χ1n) is 6.26. The zero-order chi connectivity index (χ0) is 14.4. The fraction of sp³-hybridized carbons (Fsp3) is 0.176. The minimum atomic E-state index is -0.232. The molecule has 2 aromatic carbocycles. The largest absolute Gasteiger partial charge is 0.489 e. The zero-order valence-corrected chi connectivity index (χ0v) is 11.2. The van der Waals surface area contributed by atoms with E-state index in [1.165, 1.54) is 6.07 Å². The number of hydrogen-bond donors (Lipinski definition) is 1. The van der Waals surface area contributed by atoms with Gasteiger partial charge in [-0.1, -0.05) is 24.0 Å². The molecule has 0 unspecified atom stereocenters. The van der Waals surface area contributed by atoms with Crippen molar-refractivity contribution in [1.29, 1.82) is 0 Å². The maximum atomic E-state index is 13.1. The average molecular weight is 270 g/mol. The molecule has 0 atom stereocenters. The number of rotatable bonds is 3. The number of ether oxygens (including phenoxy) is 1. The third-order valence-electron chi connectivity index (χ3n) is 2.80. The molecule has 0 saturated heterocycles. The molecule has 2 aromatic rings. The van der Waals surface area contributed by atoms with Gasteiger partial charge in [0, 0.05) is 5.56 Å². The molecule has 1 N–H and O–H groups in total. The van der Waals surface area contributed by atoms with Gasteiger partial charge in [-0.05, 0) is 48.4 Å².